The molecule has 4 aliphatic heterocycles. The van der Waals surface area contributed by atoms with E-state index in [1.807, 2.05) is 4.90 Å². The molecule has 9 heteroatoms. The predicted octanol–water partition coefficient (Wildman–Crippen LogP) is -0.527. The van der Waals surface area contributed by atoms with Crippen molar-refractivity contribution in [1.82, 2.24) is 9.80 Å². The van der Waals surface area contributed by atoms with Crippen LogP contribution in [0.25, 0.3) is 0 Å². The number of fused-ring (bicyclic) bond motifs is 3. The summed E-state index contributed by atoms with van der Waals surface area (Å²) in [5, 5.41) is 10.4. The van der Waals surface area contributed by atoms with Gasteiger partial charge in [0.1, 0.15) is 0 Å². The minimum atomic E-state index is -2.42. The molecule has 2 bridgehead atoms. The lowest BCUT2D eigenvalue weighted by atomic mass is 10.2. The first-order valence-corrected chi connectivity index (χ1v) is 10.5. The van der Waals surface area contributed by atoms with Crippen LogP contribution in [0.5, 0.6) is 0 Å². The number of hydrogen-bond donors (Lipinski definition) is 1. The zero-order valence-corrected chi connectivity index (χ0v) is 14.4. The summed E-state index contributed by atoms with van der Waals surface area (Å²) in [5.74, 6) is 0.927. The highest BCUT2D eigenvalue weighted by molar-refractivity contribution is 6.61. The summed E-state index contributed by atoms with van der Waals surface area (Å²) in [7, 11) is -2.42. The Labute approximate surface area is 137 Å². The fourth-order valence-corrected chi connectivity index (χ4v) is 6.08. The highest BCUT2D eigenvalue weighted by Gasteiger charge is 2.54. The number of aliphatic hydroxyl groups is 1. The molecule has 4 rings (SSSR count). The van der Waals surface area contributed by atoms with Crippen LogP contribution in [0.3, 0.4) is 0 Å². The SMILES string of the molecule is OC(COCC[Si]12OCC(CO1)O2)N1CCCN2CCCN=C21. The molecule has 130 valence electrons. The number of ether oxygens (including phenoxy) is 1. The molecular formula is C14H25N3O5Si. The Bertz CT molecular complexity index is 458. The van der Waals surface area contributed by atoms with Gasteiger partial charge in [0, 0.05) is 32.2 Å². The van der Waals surface area contributed by atoms with Crippen molar-refractivity contribution < 1.29 is 23.1 Å². The largest absolute Gasteiger partial charge is 0.503 e. The van der Waals surface area contributed by atoms with E-state index in [1.165, 1.54) is 0 Å². The molecule has 0 aromatic carbocycles. The maximum absolute atomic E-state index is 10.4. The van der Waals surface area contributed by atoms with Crippen LogP contribution in [-0.4, -0.2) is 94.6 Å². The Morgan fingerprint density at radius 2 is 2.09 bits per heavy atom. The summed E-state index contributed by atoms with van der Waals surface area (Å²) >= 11 is 0. The minimum absolute atomic E-state index is 0.121. The molecule has 1 unspecified atom stereocenters. The second-order valence-electron chi connectivity index (χ2n) is 6.42. The van der Waals surface area contributed by atoms with Crippen LogP contribution in [0.2, 0.25) is 6.04 Å². The lowest BCUT2D eigenvalue weighted by molar-refractivity contribution is -0.0380. The normalized spacial score (nSPS) is 34.5. The van der Waals surface area contributed by atoms with Gasteiger partial charge in [-0.25, -0.2) is 0 Å². The second kappa shape index (κ2) is 6.65. The average molecular weight is 343 g/mol. The molecule has 8 nitrogen and oxygen atoms in total. The molecule has 0 saturated carbocycles. The minimum Gasteiger partial charge on any atom is -0.377 e. The Kier molecular flexibility index (Phi) is 4.57. The maximum Gasteiger partial charge on any atom is 0.503 e. The molecular weight excluding hydrogens is 318 g/mol. The zero-order valence-electron chi connectivity index (χ0n) is 13.4. The van der Waals surface area contributed by atoms with Crippen LogP contribution < -0.4 is 0 Å². The van der Waals surface area contributed by atoms with Crippen LogP contribution in [0, 0.1) is 0 Å². The van der Waals surface area contributed by atoms with Gasteiger partial charge >= 0.3 is 8.80 Å². The summed E-state index contributed by atoms with van der Waals surface area (Å²) in [6.07, 6.45) is 1.60. The molecule has 0 amide bonds. The summed E-state index contributed by atoms with van der Waals surface area (Å²) in [5.41, 5.74) is 0. The number of nitrogens with zero attached hydrogens (tertiary/aromatic N) is 3. The standard InChI is InChI=1S/C14H25N3O5Si/c18-13(17-6-2-5-16-4-1-3-15-14(16)17)11-19-7-8-23-20-9-12(22-23)10-21-23/h12-13,18H,1-11H2. The molecule has 1 atom stereocenters. The van der Waals surface area contributed by atoms with Gasteiger partial charge in [0.2, 0.25) is 0 Å². The van der Waals surface area contributed by atoms with Gasteiger partial charge < -0.3 is 32.9 Å². The molecule has 3 fully saturated rings. The molecule has 3 saturated heterocycles. The topological polar surface area (TPSA) is 76.0 Å². The third-order valence-corrected chi connectivity index (χ3v) is 7.43. The summed E-state index contributed by atoms with van der Waals surface area (Å²) in [6, 6.07) is 0.656. The van der Waals surface area contributed by atoms with Gasteiger partial charge in [-0.2, -0.15) is 0 Å². The van der Waals surface area contributed by atoms with E-state index in [1.54, 1.807) is 0 Å². The van der Waals surface area contributed by atoms with Crippen molar-refractivity contribution in [2.45, 2.75) is 31.2 Å². The van der Waals surface area contributed by atoms with Crippen LogP contribution in [0.4, 0.5) is 0 Å². The van der Waals surface area contributed by atoms with Crippen molar-refractivity contribution in [3.63, 3.8) is 0 Å². The lowest BCUT2D eigenvalue weighted by Gasteiger charge is -2.43. The molecule has 0 spiro atoms. The van der Waals surface area contributed by atoms with E-state index in [4.69, 9.17) is 18.0 Å². The monoisotopic (exact) mass is 343 g/mol. The summed E-state index contributed by atoms with van der Waals surface area (Å²) in [6.45, 7) is 5.79. The molecule has 0 aromatic heterocycles. The van der Waals surface area contributed by atoms with Crippen LogP contribution in [-0.2, 0) is 18.0 Å². The number of aliphatic imine (C=N–C) groups is 1. The van der Waals surface area contributed by atoms with Crippen molar-refractivity contribution >= 4 is 14.8 Å². The molecule has 4 aliphatic rings. The van der Waals surface area contributed by atoms with Crippen LogP contribution in [0.1, 0.15) is 12.8 Å². The first kappa shape index (κ1) is 15.8. The van der Waals surface area contributed by atoms with Crippen molar-refractivity contribution in [2.24, 2.45) is 4.99 Å². The number of guanidine groups is 1. The zero-order chi connectivity index (χ0) is 15.7. The third-order valence-electron chi connectivity index (χ3n) is 4.71. The van der Waals surface area contributed by atoms with Gasteiger partial charge in [-0.1, -0.05) is 0 Å². The lowest BCUT2D eigenvalue weighted by Crippen LogP contribution is -2.56. The molecule has 0 radical (unpaired) electrons. The van der Waals surface area contributed by atoms with Crippen LogP contribution >= 0.6 is 0 Å². The first-order chi connectivity index (χ1) is 11.3. The van der Waals surface area contributed by atoms with Crippen molar-refractivity contribution in [2.75, 3.05) is 52.6 Å². The maximum atomic E-state index is 10.4. The molecule has 4 heterocycles. The van der Waals surface area contributed by atoms with Crippen molar-refractivity contribution in [1.29, 1.82) is 0 Å². The second-order valence-corrected chi connectivity index (χ2v) is 9.10. The fourth-order valence-electron chi connectivity index (χ4n) is 3.54. The quantitative estimate of drug-likeness (QED) is 0.513. The van der Waals surface area contributed by atoms with Gasteiger partial charge in [-0.3, -0.25) is 4.99 Å². The summed E-state index contributed by atoms with van der Waals surface area (Å²) in [4.78, 5) is 8.79. The van der Waals surface area contributed by atoms with E-state index in [0.717, 1.165) is 45.0 Å². The van der Waals surface area contributed by atoms with E-state index in [0.29, 0.717) is 25.9 Å². The van der Waals surface area contributed by atoms with E-state index in [-0.39, 0.29) is 12.7 Å². The fraction of sp³-hybridized carbons (Fsp3) is 0.929. The number of aliphatic hydroxyl groups excluding tert-OH is 1. The summed E-state index contributed by atoms with van der Waals surface area (Å²) < 4.78 is 22.7. The number of hydrogen-bond acceptors (Lipinski definition) is 8. The molecule has 1 N–H and O–H groups in total. The Morgan fingerprint density at radius 1 is 1.26 bits per heavy atom. The van der Waals surface area contributed by atoms with Gasteiger partial charge in [0.25, 0.3) is 0 Å². The Hall–Kier alpha value is -0.713. The van der Waals surface area contributed by atoms with Gasteiger partial charge in [-0.05, 0) is 12.8 Å². The van der Waals surface area contributed by atoms with Crippen molar-refractivity contribution in [3.05, 3.63) is 0 Å². The average Bonchev–Trinajstić information content (AvgIpc) is 3.19. The molecule has 0 aliphatic carbocycles. The number of rotatable bonds is 6. The third kappa shape index (κ3) is 3.26. The van der Waals surface area contributed by atoms with E-state index < -0.39 is 15.0 Å². The highest BCUT2D eigenvalue weighted by atomic mass is 28.4. The highest BCUT2D eigenvalue weighted by Crippen LogP contribution is 2.31. The van der Waals surface area contributed by atoms with Gasteiger partial charge in [0.05, 0.1) is 32.5 Å². The molecule has 0 aromatic rings. The van der Waals surface area contributed by atoms with Crippen LogP contribution in [0.15, 0.2) is 4.99 Å². The Morgan fingerprint density at radius 3 is 2.87 bits per heavy atom. The Balaban J connectivity index is 1.23. The van der Waals surface area contributed by atoms with E-state index >= 15 is 0 Å². The first-order valence-electron chi connectivity index (χ1n) is 8.53. The smallest absolute Gasteiger partial charge is 0.377 e. The predicted molar refractivity (Wildman–Crippen MR) is 84.0 cm³/mol. The van der Waals surface area contributed by atoms with Crippen molar-refractivity contribution in [3.8, 4) is 0 Å². The van der Waals surface area contributed by atoms with E-state index in [9.17, 15) is 5.11 Å². The van der Waals surface area contributed by atoms with Gasteiger partial charge in [-0.15, -0.1) is 0 Å². The van der Waals surface area contributed by atoms with Gasteiger partial charge in [0.15, 0.2) is 12.2 Å². The molecule has 23 heavy (non-hydrogen) atoms. The van der Waals surface area contributed by atoms with E-state index in [2.05, 4.69) is 9.89 Å².